The molecule has 0 aliphatic carbocycles. The Morgan fingerprint density at radius 2 is 1.62 bits per heavy atom. The molecular weight excluding hydrogens is 306 g/mol. The molecule has 0 aliphatic heterocycles. The van der Waals surface area contributed by atoms with Crippen LogP contribution in [0.2, 0.25) is 0 Å². The van der Waals surface area contributed by atoms with Crippen LogP contribution in [0.3, 0.4) is 0 Å². The molecule has 0 saturated heterocycles. The van der Waals surface area contributed by atoms with E-state index in [1.54, 1.807) is 31.2 Å². The number of hydrogen-bond acceptors (Lipinski definition) is 4. The highest BCUT2D eigenvalue weighted by Gasteiger charge is 2.07. The number of amides is 3. The Morgan fingerprint density at radius 3 is 2.17 bits per heavy atom. The maximum Gasteiger partial charge on any atom is 0.321 e. The highest BCUT2D eigenvalue weighted by atomic mass is 16.5. The maximum atomic E-state index is 11.5. The van der Waals surface area contributed by atoms with Gasteiger partial charge in [0.15, 0.2) is 6.61 Å². The molecule has 6 heteroatoms. The van der Waals surface area contributed by atoms with Crippen LogP contribution in [0.15, 0.2) is 48.5 Å². The zero-order valence-electron chi connectivity index (χ0n) is 13.2. The lowest BCUT2D eigenvalue weighted by Gasteiger charge is -2.08. The van der Waals surface area contributed by atoms with Crippen LogP contribution in [-0.4, -0.2) is 25.1 Å². The van der Waals surface area contributed by atoms with Crippen LogP contribution >= 0.6 is 0 Å². The summed E-state index contributed by atoms with van der Waals surface area (Å²) in [6.07, 6.45) is 0. The van der Waals surface area contributed by atoms with Crippen LogP contribution in [0.25, 0.3) is 11.1 Å². The predicted molar refractivity (Wildman–Crippen MR) is 89.3 cm³/mol. The van der Waals surface area contributed by atoms with E-state index < -0.39 is 11.9 Å². The summed E-state index contributed by atoms with van der Waals surface area (Å²) >= 11 is 0. The fourth-order valence-electron chi connectivity index (χ4n) is 2.00. The second-order valence-corrected chi connectivity index (χ2v) is 4.91. The fraction of sp³-hybridized carbons (Fsp3) is 0.167. The average Bonchev–Trinajstić information content (AvgIpc) is 2.61. The van der Waals surface area contributed by atoms with Gasteiger partial charge in [-0.05, 0) is 42.3 Å². The lowest BCUT2D eigenvalue weighted by molar-refractivity contribution is -0.122. The monoisotopic (exact) mass is 323 g/mol. The van der Waals surface area contributed by atoms with Crippen molar-refractivity contribution in [1.29, 1.82) is 5.26 Å². The van der Waals surface area contributed by atoms with Gasteiger partial charge in [0.1, 0.15) is 5.75 Å². The summed E-state index contributed by atoms with van der Waals surface area (Å²) < 4.78 is 5.34. The highest BCUT2D eigenvalue weighted by Crippen LogP contribution is 2.22. The minimum atomic E-state index is -0.540. The summed E-state index contributed by atoms with van der Waals surface area (Å²) in [7, 11) is 0. The van der Waals surface area contributed by atoms with Crippen LogP contribution in [-0.2, 0) is 4.79 Å². The second-order valence-electron chi connectivity index (χ2n) is 4.91. The molecule has 2 aromatic rings. The summed E-state index contributed by atoms with van der Waals surface area (Å²) in [6, 6.07) is 16.0. The van der Waals surface area contributed by atoms with Gasteiger partial charge in [0.25, 0.3) is 5.91 Å². The van der Waals surface area contributed by atoms with Crippen molar-refractivity contribution in [3.8, 4) is 22.9 Å². The highest BCUT2D eigenvalue weighted by molar-refractivity contribution is 5.94. The smallest absolute Gasteiger partial charge is 0.321 e. The molecule has 0 aromatic heterocycles. The average molecular weight is 323 g/mol. The Hall–Kier alpha value is -3.33. The lowest BCUT2D eigenvalue weighted by atomic mass is 10.0. The van der Waals surface area contributed by atoms with Crippen LogP contribution in [0.1, 0.15) is 12.5 Å². The van der Waals surface area contributed by atoms with Gasteiger partial charge in [-0.15, -0.1) is 0 Å². The summed E-state index contributed by atoms with van der Waals surface area (Å²) in [6.45, 7) is 1.96. The number of carbonyl (C=O) groups is 2. The molecule has 2 N–H and O–H groups in total. The van der Waals surface area contributed by atoms with Gasteiger partial charge in [0.2, 0.25) is 0 Å². The molecular formula is C18H17N3O3. The van der Waals surface area contributed by atoms with E-state index in [1.165, 1.54) is 0 Å². The number of rotatable bonds is 5. The molecule has 0 aliphatic rings. The number of nitriles is 1. The molecule has 0 atom stereocenters. The van der Waals surface area contributed by atoms with E-state index in [0.29, 0.717) is 17.9 Å². The number of imide groups is 1. The third kappa shape index (κ3) is 4.85. The fourth-order valence-corrected chi connectivity index (χ4v) is 2.00. The quantitative estimate of drug-likeness (QED) is 0.884. The molecule has 0 bridgehead atoms. The van der Waals surface area contributed by atoms with Gasteiger partial charge >= 0.3 is 6.03 Å². The Labute approximate surface area is 140 Å². The van der Waals surface area contributed by atoms with Gasteiger partial charge in [-0.1, -0.05) is 24.3 Å². The largest absolute Gasteiger partial charge is 0.484 e. The number of benzene rings is 2. The van der Waals surface area contributed by atoms with E-state index >= 15 is 0 Å². The Bertz CT molecular complexity index is 747. The second kappa shape index (κ2) is 8.34. The molecule has 122 valence electrons. The minimum absolute atomic E-state index is 0.243. The molecule has 3 amide bonds. The van der Waals surface area contributed by atoms with Gasteiger partial charge in [0.05, 0.1) is 11.6 Å². The Balaban J connectivity index is 1.91. The van der Waals surface area contributed by atoms with Crippen LogP contribution < -0.4 is 15.4 Å². The van der Waals surface area contributed by atoms with Crippen molar-refractivity contribution in [2.75, 3.05) is 13.2 Å². The lowest BCUT2D eigenvalue weighted by Crippen LogP contribution is -2.41. The number of urea groups is 1. The van der Waals surface area contributed by atoms with Crippen molar-refractivity contribution in [2.24, 2.45) is 0 Å². The first kappa shape index (κ1) is 17.0. The van der Waals surface area contributed by atoms with Crippen molar-refractivity contribution in [1.82, 2.24) is 10.6 Å². The van der Waals surface area contributed by atoms with E-state index in [1.807, 2.05) is 24.3 Å². The first-order valence-electron chi connectivity index (χ1n) is 7.43. The van der Waals surface area contributed by atoms with Crippen LogP contribution in [0.5, 0.6) is 5.75 Å². The van der Waals surface area contributed by atoms with Gasteiger partial charge in [-0.3, -0.25) is 10.1 Å². The maximum absolute atomic E-state index is 11.5. The topological polar surface area (TPSA) is 91.2 Å². The molecule has 6 nitrogen and oxygen atoms in total. The molecule has 2 aromatic carbocycles. The molecule has 2 rings (SSSR count). The molecule has 0 radical (unpaired) electrons. The van der Waals surface area contributed by atoms with E-state index in [2.05, 4.69) is 16.7 Å². The summed E-state index contributed by atoms with van der Waals surface area (Å²) in [5.41, 5.74) is 2.56. The molecule has 0 saturated carbocycles. The molecule has 0 spiro atoms. The summed E-state index contributed by atoms with van der Waals surface area (Å²) in [5.74, 6) is 0.00978. The molecule has 0 unspecified atom stereocenters. The summed E-state index contributed by atoms with van der Waals surface area (Å²) in [5, 5.41) is 13.4. The number of hydrogen-bond donors (Lipinski definition) is 2. The first-order chi connectivity index (χ1) is 11.6. The van der Waals surface area contributed by atoms with Gasteiger partial charge in [-0.25, -0.2) is 4.79 Å². The van der Waals surface area contributed by atoms with Crippen molar-refractivity contribution >= 4 is 11.9 Å². The van der Waals surface area contributed by atoms with Crippen LogP contribution in [0.4, 0.5) is 4.79 Å². The molecule has 0 fully saturated rings. The third-order valence-electron chi connectivity index (χ3n) is 3.16. The van der Waals surface area contributed by atoms with Crippen LogP contribution in [0, 0.1) is 11.3 Å². The minimum Gasteiger partial charge on any atom is -0.484 e. The zero-order valence-corrected chi connectivity index (χ0v) is 13.2. The predicted octanol–water partition coefficient (Wildman–Crippen LogP) is 2.45. The van der Waals surface area contributed by atoms with Crippen molar-refractivity contribution in [3.05, 3.63) is 54.1 Å². The number of nitrogens with zero attached hydrogens (tertiary/aromatic N) is 1. The number of nitrogens with one attached hydrogen (secondary N) is 2. The third-order valence-corrected chi connectivity index (χ3v) is 3.16. The van der Waals surface area contributed by atoms with Crippen molar-refractivity contribution < 1.29 is 14.3 Å². The number of carbonyl (C=O) groups excluding carboxylic acids is 2. The summed E-state index contributed by atoms with van der Waals surface area (Å²) in [4.78, 5) is 22.7. The normalized spacial score (nSPS) is 9.67. The molecule has 0 heterocycles. The zero-order chi connectivity index (χ0) is 17.4. The van der Waals surface area contributed by atoms with E-state index in [0.717, 1.165) is 11.1 Å². The Kier molecular flexibility index (Phi) is 5.92. The van der Waals surface area contributed by atoms with Gasteiger partial charge in [0, 0.05) is 6.54 Å². The first-order valence-corrected chi connectivity index (χ1v) is 7.43. The van der Waals surface area contributed by atoms with Gasteiger partial charge in [-0.2, -0.15) is 5.26 Å². The van der Waals surface area contributed by atoms with E-state index in [9.17, 15) is 9.59 Å². The van der Waals surface area contributed by atoms with E-state index in [4.69, 9.17) is 10.00 Å². The van der Waals surface area contributed by atoms with Crippen molar-refractivity contribution in [2.45, 2.75) is 6.92 Å². The standard InChI is InChI=1S/C18H17N3O3/c1-2-20-18(23)21-17(22)12-24-16-9-7-15(8-10-16)14-5-3-13(11-19)4-6-14/h3-10H,2,12H2,1H3,(H2,20,21,22,23). The van der Waals surface area contributed by atoms with E-state index in [-0.39, 0.29) is 6.61 Å². The van der Waals surface area contributed by atoms with Crippen molar-refractivity contribution in [3.63, 3.8) is 0 Å². The molecule has 24 heavy (non-hydrogen) atoms. The number of ether oxygens (including phenoxy) is 1. The Morgan fingerprint density at radius 1 is 1.04 bits per heavy atom. The van der Waals surface area contributed by atoms with Gasteiger partial charge < -0.3 is 10.1 Å². The SMILES string of the molecule is CCNC(=O)NC(=O)COc1ccc(-c2ccc(C#N)cc2)cc1.